The number of aromatic nitrogens is 4. The Morgan fingerprint density at radius 2 is 2.11 bits per heavy atom. The highest BCUT2D eigenvalue weighted by atomic mass is 35.5. The number of hydrogen-bond donors (Lipinski definition) is 1. The molecule has 0 bridgehead atoms. The lowest BCUT2D eigenvalue weighted by Gasteiger charge is -1.99. The van der Waals surface area contributed by atoms with Crippen molar-refractivity contribution < 1.29 is 0 Å². The maximum Gasteiger partial charge on any atom is 0.158 e. The van der Waals surface area contributed by atoms with Crippen molar-refractivity contribution in [2.45, 2.75) is 13.5 Å². The van der Waals surface area contributed by atoms with Crippen LogP contribution in [0.2, 0.25) is 10.0 Å². The molecular weight excluding hydrogens is 285 g/mol. The number of aryl methyl sites for hydroxylation is 1. The van der Waals surface area contributed by atoms with Gasteiger partial charge in [0.15, 0.2) is 5.65 Å². The second-order valence-electron chi connectivity index (χ2n) is 4.13. The second kappa shape index (κ2) is 4.43. The van der Waals surface area contributed by atoms with Crippen LogP contribution in [0.3, 0.4) is 0 Å². The van der Waals surface area contributed by atoms with E-state index in [-0.39, 0.29) is 0 Å². The monoisotopic (exact) mass is 295 g/mol. The first-order valence-electron chi connectivity index (χ1n) is 5.75. The number of fused-ring (bicyclic) bond motifs is 1. The van der Waals surface area contributed by atoms with Crippen molar-refractivity contribution in [3.8, 4) is 11.3 Å². The molecule has 2 N–H and O–H groups in total. The summed E-state index contributed by atoms with van der Waals surface area (Å²) < 4.78 is 3.50. The van der Waals surface area contributed by atoms with Gasteiger partial charge < -0.3 is 5.73 Å². The summed E-state index contributed by atoms with van der Waals surface area (Å²) in [7, 11) is 0. The molecule has 19 heavy (non-hydrogen) atoms. The predicted octanol–water partition coefficient (Wildman–Crippen LogP) is 3.11. The summed E-state index contributed by atoms with van der Waals surface area (Å²) >= 11 is 12.1. The molecule has 0 unspecified atom stereocenters. The Kier molecular flexibility index (Phi) is 2.88. The molecule has 0 atom stereocenters. The van der Waals surface area contributed by atoms with E-state index in [4.69, 9.17) is 28.9 Å². The van der Waals surface area contributed by atoms with E-state index in [1.807, 2.05) is 17.8 Å². The molecule has 3 aromatic heterocycles. The standard InChI is InChI=1S/C12H11Cl2N5/c1-2-18-5-7(4-16-18)10-11(15)19-6-8(13)3-9(14)12(19)17-10/h3-6H,2,15H2,1H3. The van der Waals surface area contributed by atoms with Crippen LogP contribution in [0.5, 0.6) is 0 Å². The molecule has 3 aromatic rings. The number of anilines is 1. The molecule has 98 valence electrons. The van der Waals surface area contributed by atoms with Crippen LogP contribution in [0.15, 0.2) is 24.7 Å². The van der Waals surface area contributed by atoms with Crippen molar-refractivity contribution in [3.63, 3.8) is 0 Å². The first-order chi connectivity index (χ1) is 9.10. The largest absolute Gasteiger partial charge is 0.383 e. The number of nitrogens with two attached hydrogens (primary N) is 1. The van der Waals surface area contributed by atoms with Crippen LogP contribution in [0.25, 0.3) is 16.9 Å². The van der Waals surface area contributed by atoms with Crippen molar-refractivity contribution in [1.29, 1.82) is 0 Å². The molecular formula is C12H11Cl2N5. The van der Waals surface area contributed by atoms with Gasteiger partial charge in [-0.2, -0.15) is 5.10 Å². The summed E-state index contributed by atoms with van der Waals surface area (Å²) in [5.74, 6) is 0.495. The maximum atomic E-state index is 6.12. The Balaban J connectivity index is 2.25. The van der Waals surface area contributed by atoms with Gasteiger partial charge in [0.25, 0.3) is 0 Å². The van der Waals surface area contributed by atoms with Crippen molar-refractivity contribution in [2.24, 2.45) is 0 Å². The molecule has 0 amide bonds. The van der Waals surface area contributed by atoms with Crippen LogP contribution < -0.4 is 5.73 Å². The minimum atomic E-state index is 0.466. The second-order valence-corrected chi connectivity index (χ2v) is 4.97. The van der Waals surface area contributed by atoms with E-state index in [1.54, 1.807) is 22.9 Å². The molecule has 0 radical (unpaired) electrons. The number of imidazole rings is 1. The Bertz CT molecular complexity index is 759. The van der Waals surface area contributed by atoms with Gasteiger partial charge in [0.05, 0.1) is 16.2 Å². The highest BCUT2D eigenvalue weighted by Gasteiger charge is 2.15. The van der Waals surface area contributed by atoms with Gasteiger partial charge in [-0.05, 0) is 13.0 Å². The number of rotatable bonds is 2. The summed E-state index contributed by atoms with van der Waals surface area (Å²) in [6.45, 7) is 2.81. The summed E-state index contributed by atoms with van der Waals surface area (Å²) in [6.07, 6.45) is 5.32. The topological polar surface area (TPSA) is 61.1 Å². The lowest BCUT2D eigenvalue weighted by atomic mass is 10.2. The van der Waals surface area contributed by atoms with Crippen molar-refractivity contribution in [3.05, 3.63) is 34.7 Å². The zero-order chi connectivity index (χ0) is 13.6. The summed E-state index contributed by atoms with van der Waals surface area (Å²) in [6, 6.07) is 1.64. The fourth-order valence-corrected chi connectivity index (χ4v) is 2.48. The molecule has 0 saturated carbocycles. The Morgan fingerprint density at radius 1 is 1.32 bits per heavy atom. The van der Waals surface area contributed by atoms with Crippen LogP contribution in [0.4, 0.5) is 5.82 Å². The quantitative estimate of drug-likeness (QED) is 0.790. The molecule has 0 spiro atoms. The fraction of sp³-hybridized carbons (Fsp3) is 0.167. The lowest BCUT2D eigenvalue weighted by molar-refractivity contribution is 0.660. The van der Waals surface area contributed by atoms with E-state index in [2.05, 4.69) is 10.1 Å². The normalized spacial score (nSPS) is 11.3. The number of pyridine rings is 1. The molecule has 5 nitrogen and oxygen atoms in total. The molecule has 0 saturated heterocycles. The Labute approximate surface area is 119 Å². The van der Waals surface area contributed by atoms with Crippen LogP contribution in [0.1, 0.15) is 6.92 Å². The molecule has 3 rings (SSSR count). The van der Waals surface area contributed by atoms with Crippen molar-refractivity contribution >= 4 is 34.7 Å². The van der Waals surface area contributed by atoms with Crippen LogP contribution in [-0.2, 0) is 6.54 Å². The van der Waals surface area contributed by atoms with E-state index in [9.17, 15) is 0 Å². The van der Waals surface area contributed by atoms with E-state index >= 15 is 0 Å². The highest BCUT2D eigenvalue weighted by molar-refractivity contribution is 6.36. The third kappa shape index (κ3) is 1.95. The zero-order valence-corrected chi connectivity index (χ0v) is 11.7. The lowest BCUT2D eigenvalue weighted by Crippen LogP contribution is -1.94. The van der Waals surface area contributed by atoms with Crippen LogP contribution in [-0.4, -0.2) is 19.2 Å². The van der Waals surface area contributed by atoms with Gasteiger partial charge in [0.1, 0.15) is 11.5 Å². The minimum absolute atomic E-state index is 0.466. The Morgan fingerprint density at radius 3 is 2.79 bits per heavy atom. The Hall–Kier alpha value is -1.72. The number of nitrogen functional groups attached to an aromatic ring is 1. The van der Waals surface area contributed by atoms with Crippen molar-refractivity contribution in [1.82, 2.24) is 19.2 Å². The predicted molar refractivity (Wildman–Crippen MR) is 76.5 cm³/mol. The summed E-state index contributed by atoms with van der Waals surface area (Å²) in [4.78, 5) is 4.46. The smallest absolute Gasteiger partial charge is 0.158 e. The van der Waals surface area contributed by atoms with Gasteiger partial charge in [0.2, 0.25) is 0 Å². The van der Waals surface area contributed by atoms with Gasteiger partial charge in [-0.1, -0.05) is 23.2 Å². The van der Waals surface area contributed by atoms with Gasteiger partial charge in [-0.3, -0.25) is 9.08 Å². The highest BCUT2D eigenvalue weighted by Crippen LogP contribution is 2.30. The van der Waals surface area contributed by atoms with Gasteiger partial charge in [0, 0.05) is 24.5 Å². The number of nitrogens with zero attached hydrogens (tertiary/aromatic N) is 4. The fourth-order valence-electron chi connectivity index (χ4n) is 1.96. The summed E-state index contributed by atoms with van der Waals surface area (Å²) in [5, 5.41) is 5.19. The first kappa shape index (κ1) is 12.3. The molecule has 0 fully saturated rings. The van der Waals surface area contributed by atoms with Gasteiger partial charge in [-0.15, -0.1) is 0 Å². The minimum Gasteiger partial charge on any atom is -0.383 e. The van der Waals surface area contributed by atoms with Crippen LogP contribution >= 0.6 is 23.2 Å². The third-order valence-electron chi connectivity index (χ3n) is 2.91. The molecule has 0 aromatic carbocycles. The first-order valence-corrected chi connectivity index (χ1v) is 6.51. The molecule has 0 aliphatic carbocycles. The van der Waals surface area contributed by atoms with E-state index < -0.39 is 0 Å². The van der Waals surface area contributed by atoms with E-state index in [1.165, 1.54) is 0 Å². The van der Waals surface area contributed by atoms with Crippen molar-refractivity contribution in [2.75, 3.05) is 5.73 Å². The van der Waals surface area contributed by atoms with E-state index in [0.717, 1.165) is 12.1 Å². The maximum absolute atomic E-state index is 6.12. The SMILES string of the molecule is CCn1cc(-c2nc3c(Cl)cc(Cl)cn3c2N)cn1. The van der Waals surface area contributed by atoms with E-state index in [0.29, 0.717) is 27.2 Å². The molecule has 7 heteroatoms. The van der Waals surface area contributed by atoms with Crippen LogP contribution in [0, 0.1) is 0 Å². The zero-order valence-electron chi connectivity index (χ0n) is 10.1. The molecule has 3 heterocycles. The molecule has 0 aliphatic heterocycles. The number of hydrogen-bond acceptors (Lipinski definition) is 3. The average Bonchev–Trinajstić information content (AvgIpc) is 2.95. The summed E-state index contributed by atoms with van der Waals surface area (Å²) in [5.41, 5.74) is 8.20. The molecule has 0 aliphatic rings. The van der Waals surface area contributed by atoms with Gasteiger partial charge in [-0.25, -0.2) is 4.98 Å². The average molecular weight is 296 g/mol. The van der Waals surface area contributed by atoms with Gasteiger partial charge >= 0.3 is 0 Å². The third-order valence-corrected chi connectivity index (χ3v) is 3.39. The number of halogens is 2.